The van der Waals surface area contributed by atoms with Gasteiger partial charge in [0.2, 0.25) is 0 Å². The molecule has 0 bridgehead atoms. The summed E-state index contributed by atoms with van der Waals surface area (Å²) in [6, 6.07) is 22.5. The third-order valence-electron chi connectivity index (χ3n) is 8.00. The number of rotatable bonds is 7. The van der Waals surface area contributed by atoms with Crippen molar-refractivity contribution in [2.24, 2.45) is 0 Å². The molecule has 2 aromatic heterocycles. The van der Waals surface area contributed by atoms with Crippen molar-refractivity contribution in [3.05, 3.63) is 131 Å². The van der Waals surface area contributed by atoms with Crippen LogP contribution >= 0.6 is 0 Å². The highest BCUT2D eigenvalue weighted by Crippen LogP contribution is 2.55. The van der Waals surface area contributed by atoms with Crippen molar-refractivity contribution in [3.63, 3.8) is 0 Å². The number of benzene rings is 3. The number of carboxylic acid groups (broad SMARTS) is 1. The highest BCUT2D eigenvalue weighted by atomic mass is 19.4. The second-order valence-corrected chi connectivity index (χ2v) is 10.6. The molecular weight excluding hydrogens is 543 g/mol. The smallest absolute Gasteiger partial charge is 0.416 e. The lowest BCUT2D eigenvalue weighted by molar-refractivity contribution is -0.137. The van der Waals surface area contributed by atoms with Gasteiger partial charge in [-0.05, 0) is 66.8 Å². The van der Waals surface area contributed by atoms with Crippen LogP contribution in [0, 0.1) is 0 Å². The molecule has 0 spiro atoms. The van der Waals surface area contributed by atoms with Gasteiger partial charge in [-0.25, -0.2) is 9.31 Å². The van der Waals surface area contributed by atoms with Gasteiger partial charge in [-0.3, -0.25) is 4.79 Å². The van der Waals surface area contributed by atoms with E-state index in [1.807, 2.05) is 49.5 Å². The topological polar surface area (TPSA) is 83.7 Å². The van der Waals surface area contributed by atoms with Crippen molar-refractivity contribution in [1.82, 2.24) is 14.9 Å². The van der Waals surface area contributed by atoms with E-state index in [4.69, 9.17) is 0 Å². The molecule has 2 heterocycles. The summed E-state index contributed by atoms with van der Waals surface area (Å²) in [5, 5.41) is 16.8. The van der Waals surface area contributed by atoms with E-state index in [2.05, 4.69) is 10.4 Å². The molecule has 1 amide bonds. The Balaban J connectivity index is 1.42. The molecule has 1 unspecified atom stereocenters. The Morgan fingerprint density at radius 3 is 2.21 bits per heavy atom. The second-order valence-electron chi connectivity index (χ2n) is 10.6. The van der Waals surface area contributed by atoms with E-state index in [9.17, 15) is 27.9 Å². The fourth-order valence-corrected chi connectivity index (χ4v) is 5.52. The predicted molar refractivity (Wildman–Crippen MR) is 151 cm³/mol. The van der Waals surface area contributed by atoms with Crippen LogP contribution in [0.5, 0.6) is 0 Å². The number of carbonyl (C=O) groups is 2. The molecule has 2 N–H and O–H groups in total. The maximum Gasteiger partial charge on any atom is 0.416 e. The number of carbonyl (C=O) groups excluding carboxylic acids is 1. The Labute approximate surface area is 239 Å². The number of amides is 1. The first-order chi connectivity index (χ1) is 20.1. The zero-order valence-electron chi connectivity index (χ0n) is 22.5. The standard InChI is InChI=1S/C33H26F3N3O3/c1-20(21-7-9-23(10-8-21)31(41)42)38-30(40)27-17-24(22-5-3-2-4-6-22)19-39-29(27)28(18-37-39)32(15-16-32)25-11-13-26(14-12-25)33(34,35)36/h2-14,17-20H,15-16H2,1H3,(H,38,40)(H,41,42). The molecule has 0 saturated heterocycles. The van der Waals surface area contributed by atoms with Crippen molar-refractivity contribution < 1.29 is 27.9 Å². The number of hydrogen-bond acceptors (Lipinski definition) is 3. The molecule has 9 heteroatoms. The fraction of sp³-hybridized carbons (Fsp3) is 0.182. The van der Waals surface area contributed by atoms with E-state index in [-0.39, 0.29) is 11.5 Å². The maximum absolute atomic E-state index is 13.9. The molecule has 1 fully saturated rings. The van der Waals surface area contributed by atoms with Gasteiger partial charge in [0.15, 0.2) is 0 Å². The summed E-state index contributed by atoms with van der Waals surface area (Å²) in [5.74, 6) is -1.38. The number of hydrogen-bond donors (Lipinski definition) is 2. The van der Waals surface area contributed by atoms with E-state index in [1.165, 1.54) is 24.3 Å². The number of nitrogens with zero attached hydrogens (tertiary/aromatic N) is 2. The summed E-state index contributed by atoms with van der Waals surface area (Å²) in [6.07, 6.45) is 0.561. The van der Waals surface area contributed by atoms with Gasteiger partial charge in [-0.2, -0.15) is 18.3 Å². The van der Waals surface area contributed by atoms with Crippen LogP contribution in [0.15, 0.2) is 97.3 Å². The first-order valence-electron chi connectivity index (χ1n) is 13.5. The molecule has 1 saturated carbocycles. The summed E-state index contributed by atoms with van der Waals surface area (Å²) in [7, 11) is 0. The quantitative estimate of drug-likeness (QED) is 0.216. The minimum Gasteiger partial charge on any atom is -0.478 e. The van der Waals surface area contributed by atoms with Gasteiger partial charge in [0.05, 0.1) is 34.4 Å². The van der Waals surface area contributed by atoms with E-state index in [1.54, 1.807) is 22.8 Å². The Morgan fingerprint density at radius 2 is 1.62 bits per heavy atom. The van der Waals surface area contributed by atoms with Crippen molar-refractivity contribution in [3.8, 4) is 11.1 Å². The highest BCUT2D eigenvalue weighted by Gasteiger charge is 2.48. The van der Waals surface area contributed by atoms with Crippen molar-refractivity contribution in [2.75, 3.05) is 0 Å². The number of aromatic nitrogens is 2. The highest BCUT2D eigenvalue weighted by molar-refractivity contribution is 6.03. The van der Waals surface area contributed by atoms with Gasteiger partial charge < -0.3 is 10.4 Å². The fourth-order valence-electron chi connectivity index (χ4n) is 5.52. The largest absolute Gasteiger partial charge is 0.478 e. The average Bonchev–Trinajstić information content (AvgIpc) is 3.68. The second kappa shape index (κ2) is 10.2. The monoisotopic (exact) mass is 569 g/mol. The number of pyridine rings is 1. The zero-order valence-corrected chi connectivity index (χ0v) is 22.5. The van der Waals surface area contributed by atoms with Crippen LogP contribution in [0.1, 0.15) is 68.8 Å². The number of aromatic carboxylic acids is 1. The van der Waals surface area contributed by atoms with Crippen LogP contribution in [-0.4, -0.2) is 26.6 Å². The van der Waals surface area contributed by atoms with Crippen molar-refractivity contribution in [2.45, 2.75) is 37.4 Å². The van der Waals surface area contributed by atoms with Crippen LogP contribution in [0.3, 0.4) is 0 Å². The lowest BCUT2D eigenvalue weighted by Gasteiger charge is -2.19. The van der Waals surface area contributed by atoms with Crippen LogP contribution in [0.4, 0.5) is 13.2 Å². The SMILES string of the molecule is CC(NC(=O)c1cc(-c2ccccc2)cn2ncc(C3(c4ccc(C(F)(F)F)cc4)CC3)c12)c1ccc(C(=O)O)cc1. The molecule has 6 nitrogen and oxygen atoms in total. The van der Waals surface area contributed by atoms with Gasteiger partial charge in [0, 0.05) is 22.7 Å². The van der Waals surface area contributed by atoms with Gasteiger partial charge in [-0.15, -0.1) is 0 Å². The van der Waals surface area contributed by atoms with Crippen molar-refractivity contribution in [1.29, 1.82) is 0 Å². The van der Waals surface area contributed by atoms with Gasteiger partial charge in [-0.1, -0.05) is 54.6 Å². The first-order valence-corrected chi connectivity index (χ1v) is 13.5. The number of fused-ring (bicyclic) bond motifs is 1. The Morgan fingerprint density at radius 1 is 0.952 bits per heavy atom. The lowest BCUT2D eigenvalue weighted by atomic mass is 9.87. The molecule has 3 aromatic carbocycles. The predicted octanol–water partition coefficient (Wildman–Crippen LogP) is 7.29. The Bertz CT molecular complexity index is 1790. The number of nitrogens with one attached hydrogen (secondary N) is 1. The Kier molecular flexibility index (Phi) is 6.60. The molecule has 212 valence electrons. The van der Waals surface area contributed by atoms with Gasteiger partial charge in [0.25, 0.3) is 5.91 Å². The van der Waals surface area contributed by atoms with E-state index >= 15 is 0 Å². The minimum atomic E-state index is -4.43. The lowest BCUT2D eigenvalue weighted by Crippen LogP contribution is -2.27. The summed E-state index contributed by atoms with van der Waals surface area (Å²) < 4.78 is 41.4. The molecule has 1 atom stereocenters. The first kappa shape index (κ1) is 27.3. The van der Waals surface area contributed by atoms with Crippen LogP contribution in [-0.2, 0) is 11.6 Å². The molecule has 0 aliphatic heterocycles. The molecule has 42 heavy (non-hydrogen) atoms. The summed E-state index contributed by atoms with van der Waals surface area (Å²) in [5.41, 5.74) is 3.81. The molecule has 5 aromatic rings. The number of halogens is 3. The van der Waals surface area contributed by atoms with Gasteiger partial charge in [0.1, 0.15) is 0 Å². The van der Waals surface area contributed by atoms with E-state index in [0.29, 0.717) is 23.9 Å². The summed E-state index contributed by atoms with van der Waals surface area (Å²) in [6.45, 7) is 1.81. The van der Waals surface area contributed by atoms with Gasteiger partial charge >= 0.3 is 12.1 Å². The number of alkyl halides is 3. The number of carboxylic acids is 1. The molecule has 6 rings (SSSR count). The molecule has 1 aliphatic rings. The summed E-state index contributed by atoms with van der Waals surface area (Å²) >= 11 is 0. The van der Waals surface area contributed by atoms with E-state index in [0.717, 1.165) is 39.9 Å². The molecule has 0 radical (unpaired) electrons. The van der Waals surface area contributed by atoms with Crippen LogP contribution < -0.4 is 5.32 Å². The maximum atomic E-state index is 13.9. The van der Waals surface area contributed by atoms with Crippen LogP contribution in [0.2, 0.25) is 0 Å². The summed E-state index contributed by atoms with van der Waals surface area (Å²) in [4.78, 5) is 25.2. The molecular formula is C33H26F3N3O3. The Hall–Kier alpha value is -4.92. The molecule has 1 aliphatic carbocycles. The van der Waals surface area contributed by atoms with Crippen LogP contribution in [0.25, 0.3) is 16.6 Å². The normalized spacial score (nSPS) is 14.9. The third kappa shape index (κ3) is 4.91. The van der Waals surface area contributed by atoms with E-state index < -0.39 is 29.2 Å². The van der Waals surface area contributed by atoms with Crippen molar-refractivity contribution >= 4 is 17.4 Å². The average molecular weight is 570 g/mol. The third-order valence-corrected chi connectivity index (χ3v) is 8.00. The minimum absolute atomic E-state index is 0.149. The zero-order chi connectivity index (χ0) is 29.6.